The van der Waals surface area contributed by atoms with Gasteiger partial charge in [-0.25, -0.2) is 0 Å². The van der Waals surface area contributed by atoms with Gasteiger partial charge in [0.25, 0.3) is 0 Å². The Morgan fingerprint density at radius 3 is 2.62 bits per heavy atom. The molecule has 0 atom stereocenters. The zero-order valence-electron chi connectivity index (χ0n) is 19.0. The van der Waals surface area contributed by atoms with Gasteiger partial charge >= 0.3 is 12.1 Å². The van der Waals surface area contributed by atoms with E-state index in [2.05, 4.69) is 22.4 Å². The summed E-state index contributed by atoms with van der Waals surface area (Å²) in [7, 11) is 0. The number of halogens is 3. The molecular formula is C25H30F3N3O3. The first-order valence-electron chi connectivity index (χ1n) is 11.4. The van der Waals surface area contributed by atoms with Crippen LogP contribution in [-0.4, -0.2) is 22.6 Å². The lowest BCUT2D eigenvalue weighted by Gasteiger charge is -2.25. The normalized spacial score (nSPS) is 14.7. The molecule has 9 heteroatoms. The molecule has 1 aliphatic carbocycles. The Balaban J connectivity index is 1.57. The summed E-state index contributed by atoms with van der Waals surface area (Å²) < 4.78 is 41.2. The van der Waals surface area contributed by atoms with Crippen molar-refractivity contribution in [1.29, 1.82) is 0 Å². The Hall–Kier alpha value is -2.91. The Bertz CT molecular complexity index is 989. The maximum Gasteiger partial charge on any atom is 0.416 e. The summed E-state index contributed by atoms with van der Waals surface area (Å²) in [6.45, 7) is 4.61. The molecule has 3 rings (SSSR count). The number of nitrogens with one attached hydrogen (secondary N) is 2. The average molecular weight is 478 g/mol. The molecule has 3 N–H and O–H groups in total. The lowest BCUT2D eigenvalue weighted by molar-refractivity contribution is -0.139. The smallest absolute Gasteiger partial charge is 0.416 e. The van der Waals surface area contributed by atoms with Crippen molar-refractivity contribution in [2.24, 2.45) is 0 Å². The lowest BCUT2D eigenvalue weighted by Crippen LogP contribution is -2.18. The van der Waals surface area contributed by atoms with Crippen molar-refractivity contribution in [2.45, 2.75) is 63.8 Å². The van der Waals surface area contributed by atoms with Crippen LogP contribution in [0.4, 0.5) is 13.2 Å². The summed E-state index contributed by atoms with van der Waals surface area (Å²) >= 11 is 0. The van der Waals surface area contributed by atoms with Crippen molar-refractivity contribution < 1.29 is 27.9 Å². The molecule has 1 saturated carbocycles. The van der Waals surface area contributed by atoms with Gasteiger partial charge in [0.05, 0.1) is 30.0 Å². The molecule has 0 amide bonds. The molecule has 1 aromatic carbocycles. The van der Waals surface area contributed by atoms with Crippen molar-refractivity contribution in [3.05, 3.63) is 71.1 Å². The third-order valence-electron chi connectivity index (χ3n) is 5.88. The second kappa shape index (κ2) is 12.0. The number of alkyl halides is 3. The molecule has 0 saturated heterocycles. The minimum Gasteiger partial charge on any atom is -0.481 e. The summed E-state index contributed by atoms with van der Waals surface area (Å²) in [6.07, 6.45) is 1.80. The minimum absolute atomic E-state index is 0.0255. The van der Waals surface area contributed by atoms with Gasteiger partial charge in [-0.05, 0) is 53.6 Å². The van der Waals surface area contributed by atoms with Crippen LogP contribution in [0.25, 0.3) is 5.70 Å². The summed E-state index contributed by atoms with van der Waals surface area (Å²) in [6, 6.07) is 8.02. The van der Waals surface area contributed by atoms with E-state index in [1.165, 1.54) is 6.07 Å². The van der Waals surface area contributed by atoms with Crippen molar-refractivity contribution in [3.63, 3.8) is 0 Å². The number of aromatic nitrogens is 1. The molecule has 0 radical (unpaired) electrons. The Morgan fingerprint density at radius 2 is 1.91 bits per heavy atom. The molecule has 1 heterocycles. The molecule has 1 fully saturated rings. The first-order chi connectivity index (χ1) is 16.2. The molecule has 6 nitrogen and oxygen atoms in total. The highest BCUT2D eigenvalue weighted by Gasteiger charge is 2.35. The molecule has 184 valence electrons. The van der Waals surface area contributed by atoms with Gasteiger partial charge in [-0.3, -0.25) is 20.1 Å². The van der Waals surface area contributed by atoms with Crippen molar-refractivity contribution >= 4 is 11.7 Å². The van der Waals surface area contributed by atoms with Crippen LogP contribution in [-0.2, 0) is 29.0 Å². The number of hydroxylamine groups is 1. The molecule has 2 aromatic rings. The van der Waals surface area contributed by atoms with Crippen LogP contribution in [0.1, 0.15) is 72.4 Å². The van der Waals surface area contributed by atoms with Crippen LogP contribution < -0.4 is 10.8 Å². The van der Waals surface area contributed by atoms with E-state index in [1.807, 2.05) is 0 Å². The highest BCUT2D eigenvalue weighted by Crippen LogP contribution is 2.41. The predicted molar refractivity (Wildman–Crippen MR) is 122 cm³/mol. The van der Waals surface area contributed by atoms with Gasteiger partial charge in [0.2, 0.25) is 0 Å². The van der Waals surface area contributed by atoms with E-state index >= 15 is 0 Å². The third kappa shape index (κ3) is 7.56. The minimum atomic E-state index is -4.41. The zero-order chi connectivity index (χ0) is 24.6. The number of hydrogen-bond donors (Lipinski definition) is 3. The van der Waals surface area contributed by atoms with Gasteiger partial charge in [-0.1, -0.05) is 38.0 Å². The first kappa shape index (κ1) is 25.7. The second-order valence-electron chi connectivity index (χ2n) is 8.49. The summed E-state index contributed by atoms with van der Waals surface area (Å²) in [5.41, 5.74) is 4.63. The average Bonchev–Trinajstić information content (AvgIpc) is 2.82. The largest absolute Gasteiger partial charge is 0.481 e. The van der Waals surface area contributed by atoms with Gasteiger partial charge < -0.3 is 10.4 Å². The molecule has 1 aromatic heterocycles. The number of pyridine rings is 1. The standard InChI is InChI=1S/C25H30F3N3O3/c1-17(23-14-18(9-12-30-23)15-29-11-10-24(32)33)31-34-16-19-7-8-21(20-5-3-2-4-6-20)22(13-19)25(26,27)28/h7-9,12-14,20,29,31H,1-6,10-11,15-16H2,(H,32,33). The topological polar surface area (TPSA) is 83.5 Å². The number of carboxylic acids is 1. The molecule has 0 aliphatic heterocycles. The molecule has 0 unspecified atom stereocenters. The summed E-state index contributed by atoms with van der Waals surface area (Å²) in [4.78, 5) is 20.2. The van der Waals surface area contributed by atoms with E-state index in [0.29, 0.717) is 35.6 Å². The van der Waals surface area contributed by atoms with Crippen LogP contribution in [0.15, 0.2) is 43.1 Å². The van der Waals surface area contributed by atoms with E-state index in [0.717, 1.165) is 37.7 Å². The predicted octanol–water partition coefficient (Wildman–Crippen LogP) is 5.40. The summed E-state index contributed by atoms with van der Waals surface area (Å²) in [5, 5.41) is 11.7. The fourth-order valence-electron chi connectivity index (χ4n) is 4.14. The third-order valence-corrected chi connectivity index (χ3v) is 5.88. The van der Waals surface area contributed by atoms with Crippen molar-refractivity contribution in [3.8, 4) is 0 Å². The lowest BCUT2D eigenvalue weighted by atomic mass is 9.81. The molecule has 1 aliphatic rings. The number of nitrogens with zero attached hydrogens (tertiary/aromatic N) is 1. The fourth-order valence-corrected chi connectivity index (χ4v) is 4.14. The first-order valence-corrected chi connectivity index (χ1v) is 11.4. The number of rotatable bonds is 11. The Labute approximate surface area is 197 Å². The van der Waals surface area contributed by atoms with Crippen LogP contribution in [0, 0.1) is 0 Å². The number of hydrogen-bond acceptors (Lipinski definition) is 5. The Kier molecular flexibility index (Phi) is 9.06. The molecule has 34 heavy (non-hydrogen) atoms. The molecular weight excluding hydrogens is 447 g/mol. The van der Waals surface area contributed by atoms with Gasteiger partial charge in [0.1, 0.15) is 0 Å². The maximum absolute atomic E-state index is 13.7. The summed E-state index contributed by atoms with van der Waals surface area (Å²) in [5.74, 6) is -0.918. The highest BCUT2D eigenvalue weighted by molar-refractivity contribution is 5.66. The number of aliphatic carboxylic acids is 1. The number of carbonyl (C=O) groups is 1. The Morgan fingerprint density at radius 1 is 1.15 bits per heavy atom. The van der Waals surface area contributed by atoms with Gasteiger partial charge in [-0.15, -0.1) is 0 Å². The monoisotopic (exact) mass is 477 g/mol. The van der Waals surface area contributed by atoms with E-state index in [4.69, 9.17) is 9.94 Å². The quantitative estimate of drug-likeness (QED) is 0.297. The second-order valence-corrected chi connectivity index (χ2v) is 8.49. The SMILES string of the molecule is C=C(NOCc1ccc(C2CCCCC2)c(C(F)(F)F)c1)c1cc(CNCCC(=O)O)ccn1. The van der Waals surface area contributed by atoms with Crippen LogP contribution >= 0.6 is 0 Å². The van der Waals surface area contributed by atoms with Gasteiger partial charge in [-0.2, -0.15) is 13.2 Å². The van der Waals surface area contributed by atoms with Gasteiger partial charge in [0, 0.05) is 19.3 Å². The highest BCUT2D eigenvalue weighted by atomic mass is 19.4. The van der Waals surface area contributed by atoms with E-state index in [-0.39, 0.29) is 18.9 Å². The van der Waals surface area contributed by atoms with Crippen LogP contribution in [0.3, 0.4) is 0 Å². The molecule has 0 spiro atoms. The van der Waals surface area contributed by atoms with Crippen LogP contribution in [0.2, 0.25) is 0 Å². The zero-order valence-corrected chi connectivity index (χ0v) is 19.0. The van der Waals surface area contributed by atoms with Crippen molar-refractivity contribution in [2.75, 3.05) is 6.54 Å². The van der Waals surface area contributed by atoms with E-state index in [9.17, 15) is 18.0 Å². The van der Waals surface area contributed by atoms with Crippen LogP contribution in [0.5, 0.6) is 0 Å². The van der Waals surface area contributed by atoms with Gasteiger partial charge in [0.15, 0.2) is 0 Å². The number of carboxylic acid groups (broad SMARTS) is 1. The van der Waals surface area contributed by atoms with E-state index in [1.54, 1.807) is 30.5 Å². The van der Waals surface area contributed by atoms with E-state index < -0.39 is 17.7 Å². The van der Waals surface area contributed by atoms with Crippen molar-refractivity contribution in [1.82, 2.24) is 15.8 Å². The molecule has 0 bridgehead atoms. The number of benzene rings is 1. The maximum atomic E-state index is 13.7. The fraction of sp³-hybridized carbons (Fsp3) is 0.440.